The van der Waals surface area contributed by atoms with Gasteiger partial charge in [-0.1, -0.05) is 17.7 Å². The number of alkyl halides is 3. The van der Waals surface area contributed by atoms with Crippen LogP contribution >= 0.6 is 22.9 Å². The molecule has 1 N–H and O–H groups in total. The molecule has 0 radical (unpaired) electrons. The summed E-state index contributed by atoms with van der Waals surface area (Å²) < 4.78 is 47.1. The maximum atomic E-state index is 13.6. The molecule has 10 heteroatoms. The fraction of sp³-hybridized carbons (Fsp3) is 0.158. The Hall–Kier alpha value is -2.78. The highest BCUT2D eigenvalue weighted by Gasteiger charge is 2.36. The van der Waals surface area contributed by atoms with Crippen molar-refractivity contribution in [2.45, 2.75) is 12.6 Å². The quantitative estimate of drug-likeness (QED) is 0.459. The lowest BCUT2D eigenvalue weighted by molar-refractivity contribution is -0.136. The lowest BCUT2D eigenvalue weighted by atomic mass is 10.1. The highest BCUT2D eigenvalue weighted by atomic mass is 35.5. The minimum Gasteiger partial charge on any atom is -0.464 e. The number of furan rings is 1. The Bertz CT molecular complexity index is 1150. The van der Waals surface area contributed by atoms with Crippen molar-refractivity contribution in [3.05, 3.63) is 69.5 Å². The Balaban J connectivity index is 1.70. The van der Waals surface area contributed by atoms with E-state index in [0.717, 1.165) is 15.3 Å². The first-order chi connectivity index (χ1) is 13.8. The van der Waals surface area contributed by atoms with E-state index < -0.39 is 23.3 Å². The second-order valence-electron chi connectivity index (χ2n) is 6.15. The molecular weight excluding hydrogens is 427 g/mol. The van der Waals surface area contributed by atoms with E-state index in [-0.39, 0.29) is 22.2 Å². The van der Waals surface area contributed by atoms with Crippen molar-refractivity contribution in [2.24, 2.45) is 0 Å². The predicted molar refractivity (Wildman–Crippen MR) is 103 cm³/mol. The number of aromatic nitrogens is 2. The molecule has 0 atom stereocenters. The largest absolute Gasteiger partial charge is 0.464 e. The first-order valence-electron chi connectivity index (χ1n) is 8.48. The summed E-state index contributed by atoms with van der Waals surface area (Å²) in [5, 5.41) is 4.37. The number of hydrogen-bond donors (Lipinski definition) is 1. The maximum Gasteiger partial charge on any atom is 0.420 e. The van der Waals surface area contributed by atoms with Crippen molar-refractivity contribution in [1.82, 2.24) is 14.7 Å². The molecule has 0 unspecified atom stereocenters. The molecule has 4 aromatic heterocycles. The fourth-order valence-electron chi connectivity index (χ4n) is 2.89. The van der Waals surface area contributed by atoms with E-state index in [4.69, 9.17) is 16.0 Å². The Morgan fingerprint density at radius 1 is 1.31 bits per heavy atom. The third-order valence-electron chi connectivity index (χ3n) is 4.22. The second kappa shape index (κ2) is 7.57. The number of rotatable bonds is 5. The highest BCUT2D eigenvalue weighted by molar-refractivity contribution is 7.09. The topological polar surface area (TPSA) is 59.5 Å². The van der Waals surface area contributed by atoms with E-state index in [9.17, 15) is 18.0 Å². The van der Waals surface area contributed by atoms with Gasteiger partial charge in [-0.25, -0.2) is 4.98 Å². The van der Waals surface area contributed by atoms with Crippen LogP contribution in [0.5, 0.6) is 0 Å². The zero-order chi connectivity index (χ0) is 20.6. The molecule has 0 spiro atoms. The molecule has 5 nitrogen and oxygen atoms in total. The van der Waals surface area contributed by atoms with E-state index in [1.807, 2.05) is 17.5 Å². The van der Waals surface area contributed by atoms with Crippen molar-refractivity contribution < 1.29 is 22.4 Å². The van der Waals surface area contributed by atoms with E-state index >= 15 is 0 Å². The Labute approximate surface area is 171 Å². The van der Waals surface area contributed by atoms with Crippen LogP contribution in [0.4, 0.5) is 13.2 Å². The fourth-order valence-corrected chi connectivity index (χ4v) is 3.85. The Morgan fingerprint density at radius 2 is 2.14 bits per heavy atom. The van der Waals surface area contributed by atoms with Crippen LogP contribution in [0.25, 0.3) is 17.0 Å². The summed E-state index contributed by atoms with van der Waals surface area (Å²) in [6.45, 7) is 0.313. The number of nitrogens with one attached hydrogen (secondary N) is 1. The number of halogens is 4. The summed E-state index contributed by atoms with van der Waals surface area (Å²) in [4.78, 5) is 17.4. The van der Waals surface area contributed by atoms with Gasteiger partial charge in [0.1, 0.15) is 10.9 Å². The summed E-state index contributed by atoms with van der Waals surface area (Å²) >= 11 is 7.78. The molecule has 4 aromatic rings. The molecule has 0 fully saturated rings. The highest BCUT2D eigenvalue weighted by Crippen LogP contribution is 2.37. The minimum absolute atomic E-state index is 0.166. The third kappa shape index (κ3) is 3.88. The van der Waals surface area contributed by atoms with E-state index in [2.05, 4.69) is 10.3 Å². The normalized spacial score (nSPS) is 11.9. The van der Waals surface area contributed by atoms with Gasteiger partial charge >= 0.3 is 6.18 Å². The van der Waals surface area contributed by atoms with Gasteiger partial charge in [-0.2, -0.15) is 13.2 Å². The standard InChI is InChI=1S/C19H13ClF3N3O2S/c20-16-15(18(27)24-6-5-12-3-2-8-29-12)25-17-13(19(21,22)23)9-11(10-26(16)17)14-4-1-7-28-14/h1-4,7-10H,5-6H2,(H,24,27). The van der Waals surface area contributed by atoms with Gasteiger partial charge in [-0.15, -0.1) is 11.3 Å². The van der Waals surface area contributed by atoms with Gasteiger partial charge in [-0.05, 0) is 36.1 Å². The SMILES string of the molecule is O=C(NCCc1cccs1)c1nc2c(C(F)(F)F)cc(-c3ccco3)cn2c1Cl. The number of nitrogens with zero attached hydrogens (tertiary/aromatic N) is 2. The molecule has 4 heterocycles. The van der Waals surface area contributed by atoms with Gasteiger partial charge < -0.3 is 9.73 Å². The molecule has 0 saturated heterocycles. The predicted octanol–water partition coefficient (Wildman–Crippen LogP) is 5.30. The zero-order valence-corrected chi connectivity index (χ0v) is 16.2. The maximum absolute atomic E-state index is 13.6. The zero-order valence-electron chi connectivity index (χ0n) is 14.7. The van der Waals surface area contributed by atoms with Gasteiger partial charge in [0.05, 0.1) is 11.8 Å². The summed E-state index contributed by atoms with van der Waals surface area (Å²) in [6, 6.07) is 7.85. The van der Waals surface area contributed by atoms with Crippen LogP contribution < -0.4 is 5.32 Å². The molecule has 0 saturated carbocycles. The number of hydrogen-bond acceptors (Lipinski definition) is 4. The van der Waals surface area contributed by atoms with E-state index in [1.54, 1.807) is 17.4 Å². The molecule has 0 aromatic carbocycles. The summed E-state index contributed by atoms with van der Waals surface area (Å²) in [7, 11) is 0. The van der Waals surface area contributed by atoms with Gasteiger partial charge in [0.25, 0.3) is 5.91 Å². The number of imidazole rings is 1. The van der Waals surface area contributed by atoms with Gasteiger partial charge in [0.2, 0.25) is 0 Å². The first-order valence-corrected chi connectivity index (χ1v) is 9.73. The minimum atomic E-state index is -4.69. The summed E-state index contributed by atoms with van der Waals surface area (Å²) in [6.07, 6.45) is -1.37. The smallest absolute Gasteiger partial charge is 0.420 e. The molecule has 0 aliphatic carbocycles. The monoisotopic (exact) mass is 439 g/mol. The molecule has 150 valence electrons. The van der Waals surface area contributed by atoms with Crippen molar-refractivity contribution in [1.29, 1.82) is 0 Å². The van der Waals surface area contributed by atoms with Crippen LogP contribution in [0.2, 0.25) is 5.15 Å². The van der Waals surface area contributed by atoms with E-state index in [1.165, 1.54) is 18.5 Å². The van der Waals surface area contributed by atoms with Crippen molar-refractivity contribution in [3.63, 3.8) is 0 Å². The first kappa shape index (κ1) is 19.5. The number of amides is 1. The Kier molecular flexibility index (Phi) is 5.10. The molecule has 0 aliphatic heterocycles. The van der Waals surface area contributed by atoms with Crippen LogP contribution in [0.3, 0.4) is 0 Å². The van der Waals surface area contributed by atoms with Gasteiger partial charge in [0, 0.05) is 23.2 Å². The molecule has 29 heavy (non-hydrogen) atoms. The van der Waals surface area contributed by atoms with Crippen LogP contribution in [0, 0.1) is 0 Å². The number of fused-ring (bicyclic) bond motifs is 1. The molecule has 4 rings (SSSR count). The van der Waals surface area contributed by atoms with Crippen molar-refractivity contribution in [2.75, 3.05) is 6.54 Å². The number of pyridine rings is 1. The number of thiophene rings is 1. The summed E-state index contributed by atoms with van der Waals surface area (Å²) in [5.74, 6) is -0.396. The van der Waals surface area contributed by atoms with Crippen LogP contribution in [-0.4, -0.2) is 21.8 Å². The molecule has 0 bridgehead atoms. The van der Waals surface area contributed by atoms with E-state index in [0.29, 0.717) is 13.0 Å². The van der Waals surface area contributed by atoms with Crippen LogP contribution in [-0.2, 0) is 12.6 Å². The molecule has 1 amide bonds. The Morgan fingerprint density at radius 3 is 2.79 bits per heavy atom. The molecule has 0 aliphatic rings. The lowest BCUT2D eigenvalue weighted by Crippen LogP contribution is -2.26. The summed E-state index contributed by atoms with van der Waals surface area (Å²) in [5.41, 5.74) is -1.55. The average Bonchev–Trinajstić information content (AvgIpc) is 3.42. The van der Waals surface area contributed by atoms with Crippen LogP contribution in [0.1, 0.15) is 20.9 Å². The van der Waals surface area contributed by atoms with Crippen LogP contribution in [0.15, 0.2) is 52.6 Å². The van der Waals surface area contributed by atoms with Crippen molar-refractivity contribution in [3.8, 4) is 11.3 Å². The second-order valence-corrected chi connectivity index (χ2v) is 7.54. The number of carbonyl (C=O) groups is 1. The van der Waals surface area contributed by atoms with Gasteiger partial charge in [0.15, 0.2) is 11.3 Å². The van der Waals surface area contributed by atoms with Crippen molar-refractivity contribution >= 4 is 34.5 Å². The third-order valence-corrected chi connectivity index (χ3v) is 5.52. The van der Waals surface area contributed by atoms with Gasteiger partial charge in [-0.3, -0.25) is 9.20 Å². The molecular formula is C19H13ClF3N3O2S. The number of carbonyl (C=O) groups excluding carboxylic acids is 1. The lowest BCUT2D eigenvalue weighted by Gasteiger charge is -2.10. The average molecular weight is 440 g/mol.